The predicted molar refractivity (Wildman–Crippen MR) is 86.4 cm³/mol. The van der Waals surface area contributed by atoms with Gasteiger partial charge in [-0.15, -0.1) is 0 Å². The van der Waals surface area contributed by atoms with Crippen LogP contribution in [0.5, 0.6) is 0 Å². The van der Waals surface area contributed by atoms with Gasteiger partial charge in [0.05, 0.1) is 10.5 Å². The van der Waals surface area contributed by atoms with Gasteiger partial charge in [-0.25, -0.2) is 8.42 Å². The van der Waals surface area contributed by atoms with E-state index in [0.29, 0.717) is 37.0 Å². The monoisotopic (exact) mass is 374 g/mol. The molecule has 1 aliphatic heterocycles. The fourth-order valence-corrected chi connectivity index (χ4v) is 5.68. The lowest BCUT2D eigenvalue weighted by Gasteiger charge is -2.22. The maximum Gasteiger partial charge on any atom is 0.416 e. The highest BCUT2D eigenvalue weighted by Crippen LogP contribution is 2.41. The number of benzene rings is 1. The van der Waals surface area contributed by atoms with E-state index in [-0.39, 0.29) is 4.90 Å². The minimum Gasteiger partial charge on any atom is -0.311 e. The maximum atomic E-state index is 12.8. The third-order valence-electron chi connectivity index (χ3n) is 5.67. The van der Waals surface area contributed by atoms with Crippen LogP contribution in [-0.2, 0) is 16.2 Å². The summed E-state index contributed by atoms with van der Waals surface area (Å²) in [7, 11) is -3.74. The van der Waals surface area contributed by atoms with Gasteiger partial charge in [0.25, 0.3) is 0 Å². The van der Waals surface area contributed by atoms with Crippen molar-refractivity contribution in [1.82, 2.24) is 9.62 Å². The fourth-order valence-electron chi connectivity index (χ4n) is 4.15. The van der Waals surface area contributed by atoms with Gasteiger partial charge in [0.15, 0.2) is 0 Å². The number of hydrogen-bond acceptors (Lipinski definition) is 3. The molecule has 1 saturated heterocycles. The Hall–Kier alpha value is -1.12. The van der Waals surface area contributed by atoms with E-state index in [2.05, 4.69) is 5.32 Å². The number of alkyl halides is 3. The topological polar surface area (TPSA) is 49.4 Å². The SMILES string of the molecule is O=S(=O)(c1ccc(C(F)(F)F)cc1)N1CC2C(NC3CC3)CC[C@@H]2C1. The highest BCUT2D eigenvalue weighted by Gasteiger charge is 2.47. The summed E-state index contributed by atoms with van der Waals surface area (Å²) in [6.45, 7) is 0.926. The zero-order valence-electron chi connectivity index (χ0n) is 13.7. The van der Waals surface area contributed by atoms with Gasteiger partial charge >= 0.3 is 6.18 Å². The van der Waals surface area contributed by atoms with Gasteiger partial charge in [-0.2, -0.15) is 17.5 Å². The second kappa shape index (κ2) is 5.96. The average molecular weight is 374 g/mol. The third kappa shape index (κ3) is 3.31. The van der Waals surface area contributed by atoms with Gasteiger partial charge in [-0.05, 0) is 61.8 Å². The molecule has 1 heterocycles. The van der Waals surface area contributed by atoms with Crippen LogP contribution in [0.15, 0.2) is 29.2 Å². The van der Waals surface area contributed by atoms with Crippen LogP contribution in [0.1, 0.15) is 31.2 Å². The number of halogens is 3. The summed E-state index contributed by atoms with van der Waals surface area (Å²) in [6.07, 6.45) is 0.0195. The van der Waals surface area contributed by atoms with E-state index >= 15 is 0 Å². The van der Waals surface area contributed by atoms with E-state index in [0.717, 1.165) is 37.1 Å². The minimum absolute atomic E-state index is 0.0628. The summed E-state index contributed by atoms with van der Waals surface area (Å²) in [5.41, 5.74) is -0.835. The molecular weight excluding hydrogens is 353 g/mol. The Balaban J connectivity index is 1.49. The lowest BCUT2D eigenvalue weighted by Crippen LogP contribution is -2.38. The van der Waals surface area contributed by atoms with Crippen LogP contribution in [0, 0.1) is 11.8 Å². The van der Waals surface area contributed by atoms with E-state index < -0.39 is 21.8 Å². The number of hydrogen-bond donors (Lipinski definition) is 1. The molecule has 8 heteroatoms. The van der Waals surface area contributed by atoms with Crippen LogP contribution in [0.4, 0.5) is 13.2 Å². The van der Waals surface area contributed by atoms with E-state index in [9.17, 15) is 21.6 Å². The lowest BCUT2D eigenvalue weighted by atomic mass is 9.98. The van der Waals surface area contributed by atoms with Crippen molar-refractivity contribution in [2.24, 2.45) is 11.8 Å². The molecule has 3 aliphatic rings. The molecule has 25 heavy (non-hydrogen) atoms. The minimum atomic E-state index is -4.46. The van der Waals surface area contributed by atoms with Crippen LogP contribution in [0.25, 0.3) is 0 Å². The first-order valence-corrected chi connectivity index (χ1v) is 10.1. The van der Waals surface area contributed by atoms with Gasteiger partial charge in [0.1, 0.15) is 0 Å². The number of nitrogens with zero attached hydrogens (tertiary/aromatic N) is 1. The predicted octanol–water partition coefficient (Wildman–Crippen LogP) is 2.86. The standard InChI is InChI=1S/C17H21F3N2O2S/c18-17(19,20)12-2-6-14(7-3-12)25(23,24)22-9-11-1-8-16(15(11)10-22)21-13-4-5-13/h2-3,6-7,11,13,15-16,21H,1,4-5,8-10H2/t11-,15?,16?/m1/s1. The van der Waals surface area contributed by atoms with Gasteiger partial charge < -0.3 is 5.32 Å². The van der Waals surface area contributed by atoms with Gasteiger partial charge in [0, 0.05) is 25.2 Å². The number of rotatable bonds is 4. The highest BCUT2D eigenvalue weighted by molar-refractivity contribution is 7.89. The van der Waals surface area contributed by atoms with Crippen molar-refractivity contribution in [2.75, 3.05) is 13.1 Å². The number of fused-ring (bicyclic) bond motifs is 1. The molecule has 3 atom stereocenters. The van der Waals surface area contributed by atoms with Crippen molar-refractivity contribution >= 4 is 10.0 Å². The van der Waals surface area contributed by atoms with Gasteiger partial charge in [-0.1, -0.05) is 0 Å². The zero-order chi connectivity index (χ0) is 17.8. The van der Waals surface area contributed by atoms with E-state index in [1.807, 2.05) is 0 Å². The van der Waals surface area contributed by atoms with E-state index in [4.69, 9.17) is 0 Å². The van der Waals surface area contributed by atoms with E-state index in [1.165, 1.54) is 17.1 Å². The van der Waals surface area contributed by atoms with E-state index in [1.54, 1.807) is 0 Å². The quantitative estimate of drug-likeness (QED) is 0.882. The molecule has 0 aromatic heterocycles. The summed E-state index contributed by atoms with van der Waals surface area (Å²) in [5, 5.41) is 3.61. The smallest absolute Gasteiger partial charge is 0.311 e. The molecule has 2 saturated carbocycles. The van der Waals surface area contributed by atoms with Crippen molar-refractivity contribution in [2.45, 2.75) is 48.8 Å². The summed E-state index contributed by atoms with van der Waals surface area (Å²) in [6, 6.07) is 4.75. The second-order valence-corrected chi connectivity index (χ2v) is 9.33. The van der Waals surface area contributed by atoms with Gasteiger partial charge in [-0.3, -0.25) is 0 Å². The van der Waals surface area contributed by atoms with Crippen LogP contribution < -0.4 is 5.32 Å². The summed E-state index contributed by atoms with van der Waals surface area (Å²) in [5.74, 6) is 0.658. The average Bonchev–Trinajstić information content (AvgIpc) is 3.13. The van der Waals surface area contributed by atoms with Crippen LogP contribution in [0.3, 0.4) is 0 Å². The first-order chi connectivity index (χ1) is 11.7. The Bertz CT molecular complexity index is 744. The van der Waals surface area contributed by atoms with Crippen molar-refractivity contribution in [1.29, 1.82) is 0 Å². The fraction of sp³-hybridized carbons (Fsp3) is 0.647. The third-order valence-corrected chi connectivity index (χ3v) is 7.52. The summed E-state index contributed by atoms with van der Waals surface area (Å²) >= 11 is 0. The second-order valence-electron chi connectivity index (χ2n) is 7.39. The Kier molecular flexibility index (Phi) is 4.12. The number of sulfonamides is 1. The molecule has 1 aromatic carbocycles. The highest BCUT2D eigenvalue weighted by atomic mass is 32.2. The van der Waals surface area contributed by atoms with Crippen LogP contribution in [0.2, 0.25) is 0 Å². The van der Waals surface area contributed by atoms with Crippen molar-refractivity contribution in [3.63, 3.8) is 0 Å². The van der Waals surface area contributed by atoms with Gasteiger partial charge in [0.2, 0.25) is 10.0 Å². The molecule has 3 fully saturated rings. The normalized spacial score (nSPS) is 30.6. The molecule has 138 valence electrons. The zero-order valence-corrected chi connectivity index (χ0v) is 14.5. The molecule has 1 aromatic rings. The molecular formula is C17H21F3N2O2S. The Labute approximate surface area is 145 Å². The number of nitrogens with one attached hydrogen (secondary N) is 1. The maximum absolute atomic E-state index is 12.8. The molecule has 2 unspecified atom stereocenters. The van der Waals surface area contributed by atoms with Crippen molar-refractivity contribution < 1.29 is 21.6 Å². The summed E-state index contributed by atoms with van der Waals surface area (Å²) < 4.78 is 65.0. The Morgan fingerprint density at radius 1 is 1.00 bits per heavy atom. The molecule has 1 N–H and O–H groups in total. The first kappa shape index (κ1) is 17.3. The molecule has 4 rings (SSSR count). The molecule has 0 spiro atoms. The Morgan fingerprint density at radius 2 is 1.68 bits per heavy atom. The Morgan fingerprint density at radius 3 is 2.28 bits per heavy atom. The van der Waals surface area contributed by atoms with Crippen LogP contribution >= 0.6 is 0 Å². The van der Waals surface area contributed by atoms with Crippen molar-refractivity contribution in [3.05, 3.63) is 29.8 Å². The first-order valence-electron chi connectivity index (χ1n) is 8.68. The van der Waals surface area contributed by atoms with Crippen molar-refractivity contribution in [3.8, 4) is 0 Å². The molecule has 0 radical (unpaired) electrons. The lowest BCUT2D eigenvalue weighted by molar-refractivity contribution is -0.137. The molecule has 0 amide bonds. The summed E-state index contributed by atoms with van der Waals surface area (Å²) in [4.78, 5) is -0.0628. The largest absolute Gasteiger partial charge is 0.416 e. The molecule has 2 aliphatic carbocycles. The molecule has 4 nitrogen and oxygen atoms in total. The van der Waals surface area contributed by atoms with Crippen LogP contribution in [-0.4, -0.2) is 37.9 Å². The molecule has 0 bridgehead atoms.